The van der Waals surface area contributed by atoms with Gasteiger partial charge in [-0.05, 0) is 41.3 Å². The molecular weight excluding hydrogens is 286 g/mol. The van der Waals surface area contributed by atoms with Gasteiger partial charge in [-0.1, -0.05) is 36.4 Å². The lowest BCUT2D eigenvalue weighted by atomic mass is 9.99. The van der Waals surface area contributed by atoms with Crippen molar-refractivity contribution in [1.82, 2.24) is 4.90 Å². The lowest BCUT2D eigenvalue weighted by Gasteiger charge is -2.27. The van der Waals surface area contributed by atoms with Crippen molar-refractivity contribution in [3.05, 3.63) is 71.3 Å². The third kappa shape index (κ3) is 2.74. The maximum absolute atomic E-state index is 12.7. The number of carbonyl (C=O) groups is 1. The van der Waals surface area contributed by atoms with Gasteiger partial charge in [-0.3, -0.25) is 4.79 Å². The van der Waals surface area contributed by atoms with Crippen molar-refractivity contribution in [2.75, 3.05) is 19.7 Å². The molecule has 0 radical (unpaired) electrons. The van der Waals surface area contributed by atoms with Crippen molar-refractivity contribution < 1.29 is 9.53 Å². The molecule has 3 nitrogen and oxygen atoms in total. The Kier molecular flexibility index (Phi) is 3.62. The highest BCUT2D eigenvalue weighted by Crippen LogP contribution is 2.27. The molecule has 1 amide bonds. The molecule has 2 aliphatic rings. The van der Waals surface area contributed by atoms with Crippen LogP contribution in [-0.2, 0) is 6.42 Å². The number of fused-ring (bicyclic) bond motifs is 1. The van der Waals surface area contributed by atoms with Crippen LogP contribution in [0.2, 0.25) is 0 Å². The number of carbonyl (C=O) groups excluding carboxylic acids is 1. The Bertz CT molecular complexity index is 764. The van der Waals surface area contributed by atoms with Crippen LogP contribution in [0, 0.1) is 0 Å². The van der Waals surface area contributed by atoms with Gasteiger partial charge in [0.15, 0.2) is 0 Å². The Hall–Kier alpha value is -2.55. The molecule has 0 aliphatic carbocycles. The molecule has 3 heteroatoms. The molecule has 0 saturated heterocycles. The van der Waals surface area contributed by atoms with Crippen molar-refractivity contribution in [2.24, 2.45) is 0 Å². The Morgan fingerprint density at radius 3 is 2.70 bits per heavy atom. The highest BCUT2D eigenvalue weighted by Gasteiger charge is 2.21. The van der Waals surface area contributed by atoms with E-state index in [2.05, 4.69) is 30.3 Å². The van der Waals surface area contributed by atoms with Gasteiger partial charge in [-0.25, -0.2) is 0 Å². The molecule has 2 aromatic rings. The number of benzene rings is 2. The van der Waals surface area contributed by atoms with E-state index < -0.39 is 0 Å². The average Bonchev–Trinajstić information content (AvgIpc) is 3.10. The first-order valence-corrected chi connectivity index (χ1v) is 8.11. The Morgan fingerprint density at radius 1 is 1.04 bits per heavy atom. The van der Waals surface area contributed by atoms with E-state index in [1.165, 1.54) is 11.1 Å². The van der Waals surface area contributed by atoms with Gasteiger partial charge in [0.05, 0.1) is 6.61 Å². The fraction of sp³-hybridized carbons (Fsp3) is 0.250. The minimum atomic E-state index is 0.114. The van der Waals surface area contributed by atoms with Crippen LogP contribution < -0.4 is 4.74 Å². The van der Waals surface area contributed by atoms with E-state index in [0.29, 0.717) is 6.54 Å². The molecule has 0 N–H and O–H groups in total. The number of hydrogen-bond donors (Lipinski definition) is 0. The summed E-state index contributed by atoms with van der Waals surface area (Å²) in [5, 5.41) is 0. The maximum atomic E-state index is 12.7. The second-order valence-corrected chi connectivity index (χ2v) is 6.02. The standard InChI is InChI=1S/C20H19NO2/c22-20(18-6-7-19-17(14-18)10-13-23-19)21-11-8-16(9-12-21)15-4-2-1-3-5-15/h1-8,14H,9-13H2. The zero-order chi connectivity index (χ0) is 15.6. The predicted molar refractivity (Wildman–Crippen MR) is 90.6 cm³/mol. The van der Waals surface area contributed by atoms with Crippen LogP contribution in [0.5, 0.6) is 5.75 Å². The van der Waals surface area contributed by atoms with E-state index in [0.717, 1.165) is 42.9 Å². The summed E-state index contributed by atoms with van der Waals surface area (Å²) < 4.78 is 5.51. The third-order valence-corrected chi connectivity index (χ3v) is 4.58. The van der Waals surface area contributed by atoms with Gasteiger partial charge in [0.2, 0.25) is 0 Å². The zero-order valence-corrected chi connectivity index (χ0v) is 13.0. The van der Waals surface area contributed by atoms with Crippen molar-refractivity contribution >= 4 is 11.5 Å². The van der Waals surface area contributed by atoms with E-state index in [9.17, 15) is 4.79 Å². The van der Waals surface area contributed by atoms with Crippen LogP contribution in [0.3, 0.4) is 0 Å². The fourth-order valence-corrected chi connectivity index (χ4v) is 3.27. The molecule has 4 rings (SSSR count). The zero-order valence-electron chi connectivity index (χ0n) is 13.0. The molecule has 0 aromatic heterocycles. The van der Waals surface area contributed by atoms with Crippen LogP contribution in [0.4, 0.5) is 0 Å². The molecular formula is C20H19NO2. The van der Waals surface area contributed by atoms with E-state index in [1.54, 1.807) is 0 Å². The second-order valence-electron chi connectivity index (χ2n) is 6.02. The van der Waals surface area contributed by atoms with Gasteiger partial charge in [-0.15, -0.1) is 0 Å². The minimum absolute atomic E-state index is 0.114. The number of rotatable bonds is 2. The lowest BCUT2D eigenvalue weighted by Crippen LogP contribution is -2.34. The molecule has 0 atom stereocenters. The first kappa shape index (κ1) is 14.1. The van der Waals surface area contributed by atoms with Gasteiger partial charge < -0.3 is 9.64 Å². The van der Waals surface area contributed by atoms with Crippen molar-refractivity contribution in [1.29, 1.82) is 0 Å². The molecule has 0 fully saturated rings. The fourth-order valence-electron chi connectivity index (χ4n) is 3.27. The molecule has 0 spiro atoms. The van der Waals surface area contributed by atoms with Crippen LogP contribution in [0.15, 0.2) is 54.6 Å². The number of amides is 1. The van der Waals surface area contributed by atoms with Crippen LogP contribution in [0.25, 0.3) is 5.57 Å². The normalized spacial score (nSPS) is 16.5. The van der Waals surface area contributed by atoms with Crippen LogP contribution in [0.1, 0.15) is 27.9 Å². The largest absolute Gasteiger partial charge is 0.493 e. The van der Waals surface area contributed by atoms with E-state index >= 15 is 0 Å². The summed E-state index contributed by atoms with van der Waals surface area (Å²) in [6, 6.07) is 16.2. The summed E-state index contributed by atoms with van der Waals surface area (Å²) in [7, 11) is 0. The summed E-state index contributed by atoms with van der Waals surface area (Å²) in [6.45, 7) is 2.17. The maximum Gasteiger partial charge on any atom is 0.254 e. The number of ether oxygens (including phenoxy) is 1. The van der Waals surface area contributed by atoms with Crippen molar-refractivity contribution in [3.8, 4) is 5.75 Å². The van der Waals surface area contributed by atoms with Gasteiger partial charge >= 0.3 is 0 Å². The first-order valence-electron chi connectivity index (χ1n) is 8.11. The average molecular weight is 305 g/mol. The van der Waals surface area contributed by atoms with Crippen LogP contribution in [-0.4, -0.2) is 30.5 Å². The smallest absolute Gasteiger partial charge is 0.254 e. The first-order chi connectivity index (χ1) is 11.3. The number of hydrogen-bond acceptors (Lipinski definition) is 2. The third-order valence-electron chi connectivity index (χ3n) is 4.58. The van der Waals surface area contributed by atoms with E-state index in [1.807, 2.05) is 29.2 Å². The molecule has 23 heavy (non-hydrogen) atoms. The highest BCUT2D eigenvalue weighted by atomic mass is 16.5. The summed E-state index contributed by atoms with van der Waals surface area (Å²) in [6.07, 6.45) is 3.98. The van der Waals surface area contributed by atoms with Gasteiger partial charge in [0.1, 0.15) is 5.75 Å². The van der Waals surface area contributed by atoms with Crippen molar-refractivity contribution in [3.63, 3.8) is 0 Å². The van der Waals surface area contributed by atoms with E-state index in [4.69, 9.17) is 4.74 Å². The summed E-state index contributed by atoms with van der Waals surface area (Å²) in [5.74, 6) is 1.04. The summed E-state index contributed by atoms with van der Waals surface area (Å²) in [5.41, 5.74) is 4.51. The van der Waals surface area contributed by atoms with Gasteiger partial charge in [0.25, 0.3) is 5.91 Å². The predicted octanol–water partition coefficient (Wildman–Crippen LogP) is 3.55. The molecule has 0 saturated carbocycles. The molecule has 0 bridgehead atoms. The second kappa shape index (κ2) is 5.92. The quantitative estimate of drug-likeness (QED) is 0.849. The molecule has 2 heterocycles. The SMILES string of the molecule is O=C(c1ccc2c(c1)CCO2)N1CC=C(c2ccccc2)CC1. The molecule has 2 aliphatic heterocycles. The Labute approximate surface area is 136 Å². The highest BCUT2D eigenvalue weighted by molar-refractivity contribution is 5.95. The molecule has 2 aromatic carbocycles. The Balaban J connectivity index is 1.50. The number of nitrogens with zero attached hydrogens (tertiary/aromatic N) is 1. The molecule has 0 unspecified atom stereocenters. The monoisotopic (exact) mass is 305 g/mol. The van der Waals surface area contributed by atoms with Crippen LogP contribution >= 0.6 is 0 Å². The summed E-state index contributed by atoms with van der Waals surface area (Å²) >= 11 is 0. The summed E-state index contributed by atoms with van der Waals surface area (Å²) in [4.78, 5) is 14.6. The van der Waals surface area contributed by atoms with Crippen molar-refractivity contribution in [2.45, 2.75) is 12.8 Å². The van der Waals surface area contributed by atoms with Gasteiger partial charge in [-0.2, -0.15) is 0 Å². The Morgan fingerprint density at radius 2 is 1.91 bits per heavy atom. The minimum Gasteiger partial charge on any atom is -0.493 e. The van der Waals surface area contributed by atoms with E-state index in [-0.39, 0.29) is 5.91 Å². The van der Waals surface area contributed by atoms with Gasteiger partial charge in [0, 0.05) is 25.1 Å². The topological polar surface area (TPSA) is 29.5 Å². The molecule has 116 valence electrons. The lowest BCUT2D eigenvalue weighted by molar-refractivity contribution is 0.0773.